The third-order valence-corrected chi connectivity index (χ3v) is 6.55. The number of nitrogens with one attached hydrogen (secondary N) is 4. The quantitative estimate of drug-likeness (QED) is 0.166. The Labute approximate surface area is 227 Å². The summed E-state index contributed by atoms with van der Waals surface area (Å²) in [5, 5.41) is 10.4. The number of morpholine rings is 1. The summed E-state index contributed by atoms with van der Waals surface area (Å²) in [7, 11) is 0. The number of hydrogen-bond acceptors (Lipinski definition) is 8. The fraction of sp³-hybridized carbons (Fsp3) is 0.519. The SMILES string of the molecule is C=CC(=O)NCC(NC(=O)C(C)NC(=O)CN1CCOCC1)C(=O)NC(Cc1ccccc1)C(=O)C1(C)CO1. The third kappa shape index (κ3) is 9.27. The van der Waals surface area contributed by atoms with Gasteiger partial charge in [0.1, 0.15) is 17.7 Å². The second kappa shape index (κ2) is 14.0. The first-order valence-corrected chi connectivity index (χ1v) is 12.9. The molecule has 0 bridgehead atoms. The van der Waals surface area contributed by atoms with Gasteiger partial charge < -0.3 is 30.7 Å². The van der Waals surface area contributed by atoms with E-state index < -0.39 is 41.4 Å². The van der Waals surface area contributed by atoms with Crippen molar-refractivity contribution in [1.29, 1.82) is 0 Å². The summed E-state index contributed by atoms with van der Waals surface area (Å²) in [6.07, 6.45) is 1.26. The molecule has 1 aromatic carbocycles. The van der Waals surface area contributed by atoms with Gasteiger partial charge in [-0.1, -0.05) is 36.9 Å². The van der Waals surface area contributed by atoms with Crippen LogP contribution in [0.25, 0.3) is 0 Å². The number of ketones is 1. The van der Waals surface area contributed by atoms with Gasteiger partial charge in [-0.3, -0.25) is 28.9 Å². The molecule has 39 heavy (non-hydrogen) atoms. The topological polar surface area (TPSA) is 158 Å². The van der Waals surface area contributed by atoms with Crippen molar-refractivity contribution in [3.8, 4) is 0 Å². The molecule has 4 amide bonds. The number of benzene rings is 1. The molecule has 4 N–H and O–H groups in total. The molecule has 4 atom stereocenters. The van der Waals surface area contributed by atoms with Gasteiger partial charge >= 0.3 is 0 Å². The van der Waals surface area contributed by atoms with E-state index in [2.05, 4.69) is 27.8 Å². The van der Waals surface area contributed by atoms with Gasteiger partial charge in [0, 0.05) is 19.6 Å². The molecule has 0 saturated carbocycles. The van der Waals surface area contributed by atoms with Crippen LogP contribution in [0.3, 0.4) is 0 Å². The molecule has 0 aliphatic carbocycles. The van der Waals surface area contributed by atoms with Crippen molar-refractivity contribution in [1.82, 2.24) is 26.2 Å². The van der Waals surface area contributed by atoms with E-state index in [4.69, 9.17) is 9.47 Å². The van der Waals surface area contributed by atoms with Crippen molar-refractivity contribution in [2.24, 2.45) is 0 Å². The van der Waals surface area contributed by atoms with Crippen LogP contribution in [0, 0.1) is 0 Å². The van der Waals surface area contributed by atoms with Crippen LogP contribution in [0.15, 0.2) is 43.0 Å². The van der Waals surface area contributed by atoms with Crippen LogP contribution in [0.1, 0.15) is 19.4 Å². The lowest BCUT2D eigenvalue weighted by atomic mass is 9.94. The molecule has 1 aromatic rings. The molecule has 12 heteroatoms. The van der Waals surface area contributed by atoms with Crippen molar-refractivity contribution in [2.45, 2.75) is 44.0 Å². The Morgan fingerprint density at radius 3 is 2.28 bits per heavy atom. The largest absolute Gasteiger partial charge is 0.379 e. The van der Waals surface area contributed by atoms with Gasteiger partial charge in [-0.2, -0.15) is 0 Å². The Morgan fingerprint density at radius 2 is 1.67 bits per heavy atom. The second-order valence-electron chi connectivity index (χ2n) is 9.82. The van der Waals surface area contributed by atoms with Crippen LogP contribution in [-0.4, -0.2) is 104 Å². The average Bonchev–Trinajstić information content (AvgIpc) is 3.69. The molecule has 2 aliphatic heterocycles. The molecular weight excluding hydrogens is 506 g/mol. The van der Waals surface area contributed by atoms with Crippen LogP contribution in [0.2, 0.25) is 0 Å². The van der Waals surface area contributed by atoms with E-state index >= 15 is 0 Å². The summed E-state index contributed by atoms with van der Waals surface area (Å²) >= 11 is 0. The van der Waals surface area contributed by atoms with Gasteiger partial charge in [0.15, 0.2) is 5.78 Å². The fourth-order valence-electron chi connectivity index (χ4n) is 4.05. The number of ether oxygens (including phenoxy) is 2. The highest BCUT2D eigenvalue weighted by Gasteiger charge is 2.50. The minimum absolute atomic E-state index is 0.115. The summed E-state index contributed by atoms with van der Waals surface area (Å²) in [5.41, 5.74) is -0.153. The molecular formula is C27H37N5O7. The number of epoxide rings is 1. The molecule has 0 spiro atoms. The molecule has 12 nitrogen and oxygen atoms in total. The Morgan fingerprint density at radius 1 is 1.03 bits per heavy atom. The highest BCUT2D eigenvalue weighted by atomic mass is 16.6. The van der Waals surface area contributed by atoms with E-state index in [1.54, 1.807) is 6.92 Å². The molecule has 0 radical (unpaired) electrons. The van der Waals surface area contributed by atoms with Crippen molar-refractivity contribution >= 4 is 29.4 Å². The van der Waals surface area contributed by atoms with E-state index in [9.17, 15) is 24.0 Å². The van der Waals surface area contributed by atoms with Crippen LogP contribution in [-0.2, 0) is 39.9 Å². The lowest BCUT2D eigenvalue weighted by Gasteiger charge is -2.27. The summed E-state index contributed by atoms with van der Waals surface area (Å²) in [6, 6.07) is 6.09. The number of amides is 4. The Balaban J connectivity index is 1.66. The number of nitrogens with zero attached hydrogens (tertiary/aromatic N) is 1. The Kier molecular flexibility index (Phi) is 10.7. The fourth-order valence-corrected chi connectivity index (χ4v) is 4.05. The lowest BCUT2D eigenvalue weighted by molar-refractivity contribution is -0.134. The van der Waals surface area contributed by atoms with Crippen LogP contribution >= 0.6 is 0 Å². The molecule has 0 aromatic heterocycles. The normalized spacial score (nSPS) is 21.0. The molecule has 2 aliphatic rings. The van der Waals surface area contributed by atoms with Crippen molar-refractivity contribution in [3.63, 3.8) is 0 Å². The first-order chi connectivity index (χ1) is 18.6. The summed E-state index contributed by atoms with van der Waals surface area (Å²) in [6.45, 7) is 8.97. The van der Waals surface area contributed by atoms with E-state index in [1.165, 1.54) is 6.92 Å². The maximum Gasteiger partial charge on any atom is 0.245 e. The third-order valence-electron chi connectivity index (χ3n) is 6.55. The van der Waals surface area contributed by atoms with Gasteiger partial charge in [-0.15, -0.1) is 0 Å². The number of hydrogen-bond donors (Lipinski definition) is 4. The molecule has 2 heterocycles. The van der Waals surface area contributed by atoms with Crippen molar-refractivity contribution < 1.29 is 33.4 Å². The van der Waals surface area contributed by atoms with E-state index in [0.717, 1.165) is 11.6 Å². The summed E-state index contributed by atoms with van der Waals surface area (Å²) in [5.74, 6) is -2.46. The Bertz CT molecular complexity index is 1050. The van der Waals surface area contributed by atoms with Gasteiger partial charge in [0.2, 0.25) is 23.6 Å². The Hall–Kier alpha value is -3.61. The van der Waals surface area contributed by atoms with Crippen LogP contribution in [0.4, 0.5) is 0 Å². The molecule has 4 unspecified atom stereocenters. The summed E-state index contributed by atoms with van der Waals surface area (Å²) < 4.78 is 10.6. The zero-order chi connectivity index (χ0) is 28.4. The smallest absolute Gasteiger partial charge is 0.245 e. The number of Topliss-reactive ketones (excluding diaryl/α,β-unsaturated/α-hetero) is 1. The van der Waals surface area contributed by atoms with E-state index in [-0.39, 0.29) is 37.8 Å². The predicted molar refractivity (Wildman–Crippen MR) is 141 cm³/mol. The number of carbonyl (C=O) groups excluding carboxylic acids is 5. The first-order valence-electron chi connectivity index (χ1n) is 12.9. The standard InChI is InChI=1S/C27H37N5O7/c1-4-22(33)28-15-21(31-25(36)18(2)29-23(34)16-32-10-12-38-13-11-32)26(37)30-20(24(35)27(3)17-39-27)14-19-8-6-5-7-9-19/h4-9,18,20-21H,1,10-17H2,2-3H3,(H,28,33)(H,29,34)(H,30,37)(H,31,36). The van der Waals surface area contributed by atoms with Gasteiger partial charge in [-0.25, -0.2) is 0 Å². The van der Waals surface area contributed by atoms with Crippen LogP contribution in [0.5, 0.6) is 0 Å². The second-order valence-corrected chi connectivity index (χ2v) is 9.82. The molecule has 2 saturated heterocycles. The minimum Gasteiger partial charge on any atom is -0.379 e. The van der Waals surface area contributed by atoms with E-state index in [0.29, 0.717) is 26.3 Å². The van der Waals surface area contributed by atoms with Gasteiger partial charge in [0.05, 0.1) is 32.4 Å². The zero-order valence-corrected chi connectivity index (χ0v) is 22.4. The zero-order valence-electron chi connectivity index (χ0n) is 22.4. The van der Waals surface area contributed by atoms with Gasteiger partial charge in [0.25, 0.3) is 0 Å². The molecule has 212 valence electrons. The van der Waals surface area contributed by atoms with Crippen molar-refractivity contribution in [3.05, 3.63) is 48.6 Å². The van der Waals surface area contributed by atoms with Crippen molar-refractivity contribution in [2.75, 3.05) is 46.0 Å². The number of rotatable bonds is 14. The lowest BCUT2D eigenvalue weighted by Crippen LogP contribution is -2.59. The first kappa shape index (κ1) is 29.9. The van der Waals surface area contributed by atoms with Crippen LogP contribution < -0.4 is 21.3 Å². The maximum atomic E-state index is 13.3. The maximum absolute atomic E-state index is 13.3. The monoisotopic (exact) mass is 543 g/mol. The summed E-state index contributed by atoms with van der Waals surface area (Å²) in [4.78, 5) is 65.5. The number of carbonyl (C=O) groups is 5. The van der Waals surface area contributed by atoms with Gasteiger partial charge in [-0.05, 0) is 31.9 Å². The molecule has 3 rings (SSSR count). The molecule has 2 fully saturated rings. The van der Waals surface area contributed by atoms with E-state index in [1.807, 2.05) is 35.2 Å². The average molecular weight is 544 g/mol. The highest BCUT2D eigenvalue weighted by molar-refractivity contribution is 5.99. The minimum atomic E-state index is -1.22. The highest BCUT2D eigenvalue weighted by Crippen LogP contribution is 2.29. The predicted octanol–water partition coefficient (Wildman–Crippen LogP) is -1.30.